The van der Waals surface area contributed by atoms with Gasteiger partial charge in [0, 0.05) is 16.4 Å². The topological polar surface area (TPSA) is 24.1 Å². The van der Waals surface area contributed by atoms with Crippen LogP contribution in [0.3, 0.4) is 0 Å². The van der Waals surface area contributed by atoms with E-state index in [1.165, 1.54) is 5.56 Å². The quantitative estimate of drug-likeness (QED) is 0.757. The smallest absolute Gasteiger partial charge is 0.175 e. The molecule has 0 fully saturated rings. The summed E-state index contributed by atoms with van der Waals surface area (Å²) in [4.78, 5) is 0. The molecule has 0 saturated carbocycles. The Morgan fingerprint density at radius 1 is 0.900 bits per heavy atom. The first-order valence-electron chi connectivity index (χ1n) is 6.37. The Balaban J connectivity index is 2.13. The summed E-state index contributed by atoms with van der Waals surface area (Å²) in [6, 6.07) is 11.9. The van der Waals surface area contributed by atoms with E-state index >= 15 is 0 Å². The highest BCUT2D eigenvalue weighted by molar-refractivity contribution is 7.80. The van der Waals surface area contributed by atoms with Gasteiger partial charge in [0.25, 0.3) is 0 Å². The first kappa shape index (κ1) is 14.8. The molecule has 2 rings (SSSR count). The van der Waals surface area contributed by atoms with Gasteiger partial charge in [-0.1, -0.05) is 29.8 Å². The number of hydrogen-bond acceptors (Lipinski definition) is 1. The minimum absolute atomic E-state index is 0.559. The summed E-state index contributed by atoms with van der Waals surface area (Å²) >= 11 is 11.4. The SMILES string of the molecule is Cc1ccc(C)c(NC(=S)Nc2cc(Cl)ccc2C)c1. The third-order valence-corrected chi connectivity index (χ3v) is 3.53. The van der Waals surface area contributed by atoms with Crippen LogP contribution >= 0.6 is 23.8 Å². The third-order valence-electron chi connectivity index (χ3n) is 3.09. The van der Waals surface area contributed by atoms with E-state index in [9.17, 15) is 0 Å². The first-order valence-corrected chi connectivity index (χ1v) is 7.16. The van der Waals surface area contributed by atoms with Crippen molar-refractivity contribution in [3.05, 3.63) is 58.1 Å². The summed E-state index contributed by atoms with van der Waals surface area (Å²) in [5.74, 6) is 0. The Bertz CT molecular complexity index is 597. The molecule has 0 aliphatic rings. The zero-order valence-corrected chi connectivity index (χ0v) is 13.3. The Morgan fingerprint density at radius 3 is 2.10 bits per heavy atom. The second kappa shape index (κ2) is 6.25. The maximum absolute atomic E-state index is 6.00. The molecule has 0 heterocycles. The van der Waals surface area contributed by atoms with Gasteiger partial charge in [-0.3, -0.25) is 0 Å². The van der Waals surface area contributed by atoms with Gasteiger partial charge >= 0.3 is 0 Å². The molecule has 0 unspecified atom stereocenters. The standard InChI is InChI=1S/C16H17ClN2S/c1-10-4-5-11(2)14(8-10)18-16(20)19-15-9-13(17)7-6-12(15)3/h4-9H,1-3H3,(H2,18,19,20). The van der Waals surface area contributed by atoms with Gasteiger partial charge < -0.3 is 10.6 Å². The number of benzene rings is 2. The molecule has 20 heavy (non-hydrogen) atoms. The van der Waals surface area contributed by atoms with Crippen LogP contribution < -0.4 is 10.6 Å². The predicted octanol–water partition coefficient (Wildman–Crippen LogP) is 5.07. The van der Waals surface area contributed by atoms with E-state index < -0.39 is 0 Å². The van der Waals surface area contributed by atoms with Crippen LogP contribution in [-0.2, 0) is 0 Å². The van der Waals surface area contributed by atoms with Gasteiger partial charge in [0.1, 0.15) is 0 Å². The van der Waals surface area contributed by atoms with Crippen molar-refractivity contribution in [1.29, 1.82) is 0 Å². The zero-order chi connectivity index (χ0) is 14.7. The average molecular weight is 305 g/mol. The summed E-state index contributed by atoms with van der Waals surface area (Å²) in [6.07, 6.45) is 0. The van der Waals surface area contributed by atoms with E-state index in [4.69, 9.17) is 23.8 Å². The molecule has 0 spiro atoms. The fourth-order valence-electron chi connectivity index (χ4n) is 1.88. The number of aryl methyl sites for hydroxylation is 3. The van der Waals surface area contributed by atoms with E-state index in [0.29, 0.717) is 10.1 Å². The number of rotatable bonds is 2. The monoisotopic (exact) mass is 304 g/mol. The molecule has 2 N–H and O–H groups in total. The number of thiocarbonyl (C=S) groups is 1. The van der Waals surface area contributed by atoms with E-state index in [2.05, 4.69) is 42.7 Å². The highest BCUT2D eigenvalue weighted by Crippen LogP contribution is 2.21. The molecule has 0 amide bonds. The summed E-state index contributed by atoms with van der Waals surface area (Å²) in [7, 11) is 0. The highest BCUT2D eigenvalue weighted by atomic mass is 35.5. The van der Waals surface area contributed by atoms with Crippen LogP contribution in [0.1, 0.15) is 16.7 Å². The molecule has 0 saturated heterocycles. The Kier molecular flexibility index (Phi) is 4.63. The Morgan fingerprint density at radius 2 is 1.45 bits per heavy atom. The summed E-state index contributed by atoms with van der Waals surface area (Å²) in [6.45, 7) is 6.12. The van der Waals surface area contributed by atoms with Crippen molar-refractivity contribution >= 4 is 40.3 Å². The summed E-state index contributed by atoms with van der Waals surface area (Å²) in [5.41, 5.74) is 5.38. The van der Waals surface area contributed by atoms with Crippen molar-refractivity contribution in [1.82, 2.24) is 0 Å². The molecule has 0 atom stereocenters. The predicted molar refractivity (Wildman–Crippen MR) is 91.9 cm³/mol. The van der Waals surface area contributed by atoms with Crippen molar-refractivity contribution in [3.8, 4) is 0 Å². The molecular formula is C16H17ClN2S. The minimum Gasteiger partial charge on any atom is -0.332 e. The zero-order valence-electron chi connectivity index (χ0n) is 11.8. The maximum Gasteiger partial charge on any atom is 0.175 e. The lowest BCUT2D eigenvalue weighted by molar-refractivity contribution is 1.39. The van der Waals surface area contributed by atoms with Gasteiger partial charge in [0.2, 0.25) is 0 Å². The van der Waals surface area contributed by atoms with Gasteiger partial charge in [-0.15, -0.1) is 0 Å². The van der Waals surface area contributed by atoms with E-state index in [1.54, 1.807) is 0 Å². The lowest BCUT2D eigenvalue weighted by Crippen LogP contribution is -2.20. The van der Waals surface area contributed by atoms with Crippen molar-refractivity contribution < 1.29 is 0 Å². The van der Waals surface area contributed by atoms with E-state index in [0.717, 1.165) is 22.5 Å². The van der Waals surface area contributed by atoms with Crippen LogP contribution in [0.4, 0.5) is 11.4 Å². The first-order chi connectivity index (χ1) is 9.45. The van der Waals surface area contributed by atoms with Crippen LogP contribution in [0.25, 0.3) is 0 Å². The largest absolute Gasteiger partial charge is 0.332 e. The summed E-state index contributed by atoms with van der Waals surface area (Å²) < 4.78 is 0. The van der Waals surface area contributed by atoms with Crippen LogP contribution in [-0.4, -0.2) is 5.11 Å². The summed E-state index contributed by atoms with van der Waals surface area (Å²) in [5, 5.41) is 7.65. The molecule has 0 aromatic heterocycles. The van der Waals surface area contributed by atoms with Crippen LogP contribution in [0.2, 0.25) is 5.02 Å². The second-order valence-electron chi connectivity index (χ2n) is 4.86. The van der Waals surface area contributed by atoms with Crippen molar-refractivity contribution in [3.63, 3.8) is 0 Å². The van der Waals surface area contributed by atoms with Gasteiger partial charge in [-0.25, -0.2) is 0 Å². The van der Waals surface area contributed by atoms with E-state index in [1.807, 2.05) is 25.1 Å². The van der Waals surface area contributed by atoms with Crippen LogP contribution in [0, 0.1) is 20.8 Å². The lowest BCUT2D eigenvalue weighted by atomic mass is 10.1. The average Bonchev–Trinajstić information content (AvgIpc) is 2.38. The van der Waals surface area contributed by atoms with Crippen molar-refractivity contribution in [2.45, 2.75) is 20.8 Å². The number of hydrogen-bond donors (Lipinski definition) is 2. The van der Waals surface area contributed by atoms with Gasteiger partial charge in [0.15, 0.2) is 5.11 Å². The van der Waals surface area contributed by atoms with Crippen molar-refractivity contribution in [2.75, 3.05) is 10.6 Å². The van der Waals surface area contributed by atoms with Crippen LogP contribution in [0.5, 0.6) is 0 Å². The van der Waals surface area contributed by atoms with Crippen molar-refractivity contribution in [2.24, 2.45) is 0 Å². The Hall–Kier alpha value is -1.58. The van der Waals surface area contributed by atoms with E-state index in [-0.39, 0.29) is 0 Å². The number of nitrogens with one attached hydrogen (secondary N) is 2. The molecular weight excluding hydrogens is 288 g/mol. The fourth-order valence-corrected chi connectivity index (χ4v) is 2.27. The highest BCUT2D eigenvalue weighted by Gasteiger charge is 2.04. The fraction of sp³-hybridized carbons (Fsp3) is 0.188. The molecule has 2 aromatic rings. The molecule has 104 valence electrons. The minimum atomic E-state index is 0.559. The second-order valence-corrected chi connectivity index (χ2v) is 5.70. The number of anilines is 2. The maximum atomic E-state index is 6.00. The normalized spacial score (nSPS) is 10.2. The molecule has 0 radical (unpaired) electrons. The third kappa shape index (κ3) is 3.71. The molecule has 0 aliphatic heterocycles. The lowest BCUT2D eigenvalue weighted by Gasteiger charge is -2.14. The molecule has 0 bridgehead atoms. The number of halogens is 1. The molecule has 2 nitrogen and oxygen atoms in total. The molecule has 4 heteroatoms. The Labute approximate surface area is 130 Å². The van der Waals surface area contributed by atoms with Gasteiger partial charge in [-0.05, 0) is 67.9 Å². The molecule has 0 aliphatic carbocycles. The molecule has 2 aromatic carbocycles. The van der Waals surface area contributed by atoms with Crippen LogP contribution in [0.15, 0.2) is 36.4 Å². The van der Waals surface area contributed by atoms with Gasteiger partial charge in [-0.2, -0.15) is 0 Å². The van der Waals surface area contributed by atoms with Gasteiger partial charge in [0.05, 0.1) is 0 Å².